The summed E-state index contributed by atoms with van der Waals surface area (Å²) >= 11 is 2.04. The monoisotopic (exact) mass is 420 g/mol. The highest BCUT2D eigenvalue weighted by Crippen LogP contribution is 2.27. The molecule has 2 rings (SSSR count). The molecule has 1 aromatic rings. The predicted molar refractivity (Wildman–Crippen MR) is 88.8 cm³/mol. The highest BCUT2D eigenvalue weighted by Gasteiger charge is 2.21. The van der Waals surface area contributed by atoms with Crippen LogP contribution in [0.15, 0.2) is 38.8 Å². The van der Waals surface area contributed by atoms with E-state index in [-0.39, 0.29) is 23.2 Å². The normalized spacial score (nSPS) is 19.4. The molecule has 0 radical (unpaired) electrons. The van der Waals surface area contributed by atoms with Gasteiger partial charge in [0.05, 0.1) is 15.1 Å². The quantitative estimate of drug-likeness (QED) is 0.541. The molecule has 21 heavy (non-hydrogen) atoms. The number of carbonyl (C=O) groups excluding carboxylic acids is 1. The molecule has 1 atom stereocenters. The van der Waals surface area contributed by atoms with Crippen molar-refractivity contribution in [3.8, 4) is 0 Å². The molecule has 0 aromatic heterocycles. The Morgan fingerprint density at radius 2 is 1.95 bits per heavy atom. The summed E-state index contributed by atoms with van der Waals surface area (Å²) < 4.78 is 29.8. The molecule has 0 bridgehead atoms. The fourth-order valence-corrected chi connectivity index (χ4v) is 3.54. The Balaban J connectivity index is 1.88. The lowest BCUT2D eigenvalue weighted by atomic mass is 9.91. The van der Waals surface area contributed by atoms with Crippen LogP contribution >= 0.6 is 22.6 Å². The van der Waals surface area contributed by atoms with Gasteiger partial charge in [0.15, 0.2) is 5.78 Å². The highest BCUT2D eigenvalue weighted by atomic mass is 127. The smallest absolute Gasteiger partial charge is 0.294 e. The molecule has 1 unspecified atom stereocenters. The van der Waals surface area contributed by atoms with Crippen molar-refractivity contribution >= 4 is 38.5 Å². The van der Waals surface area contributed by atoms with Gasteiger partial charge in [-0.15, -0.1) is 0 Å². The van der Waals surface area contributed by atoms with Crippen LogP contribution in [0.25, 0.3) is 0 Å². The van der Waals surface area contributed by atoms with Crippen molar-refractivity contribution in [3.63, 3.8) is 0 Å². The third kappa shape index (κ3) is 4.62. The SMILES string of the molecule is Cc1ccc(S(=O)(=O)OCCC2CC=C(I)C(=O)C2)cc1. The minimum Gasteiger partial charge on any atom is -0.294 e. The van der Waals surface area contributed by atoms with Crippen molar-refractivity contribution in [2.24, 2.45) is 5.92 Å². The Hall–Kier alpha value is -0.730. The van der Waals surface area contributed by atoms with Crippen LogP contribution in [0.1, 0.15) is 24.8 Å². The zero-order valence-electron chi connectivity index (χ0n) is 11.7. The molecule has 1 aliphatic rings. The van der Waals surface area contributed by atoms with Gasteiger partial charge in [0, 0.05) is 6.42 Å². The maximum Gasteiger partial charge on any atom is 0.296 e. The maximum atomic E-state index is 12.0. The summed E-state index contributed by atoms with van der Waals surface area (Å²) in [6.07, 6.45) is 3.75. The average Bonchev–Trinajstić information content (AvgIpc) is 2.43. The van der Waals surface area contributed by atoms with Crippen LogP contribution in [-0.4, -0.2) is 20.8 Å². The second-order valence-corrected chi connectivity index (χ2v) is 7.94. The Kier molecular flexibility index (Phi) is 5.56. The molecule has 0 N–H and O–H groups in total. The summed E-state index contributed by atoms with van der Waals surface area (Å²) in [6.45, 7) is 2.00. The van der Waals surface area contributed by atoms with Crippen LogP contribution in [-0.2, 0) is 19.1 Å². The molecular weight excluding hydrogens is 403 g/mol. The second-order valence-electron chi connectivity index (χ2n) is 5.16. The molecule has 0 amide bonds. The number of carbonyl (C=O) groups is 1. The van der Waals surface area contributed by atoms with E-state index in [1.54, 1.807) is 24.3 Å². The predicted octanol–water partition coefficient (Wildman–Crippen LogP) is 3.39. The first-order valence-electron chi connectivity index (χ1n) is 6.73. The zero-order valence-corrected chi connectivity index (χ0v) is 14.7. The number of allylic oxidation sites excluding steroid dienone is 2. The second kappa shape index (κ2) is 7.02. The first-order valence-corrected chi connectivity index (χ1v) is 9.22. The first kappa shape index (κ1) is 16.6. The Morgan fingerprint density at radius 1 is 1.29 bits per heavy atom. The van der Waals surface area contributed by atoms with Gasteiger partial charge in [0.25, 0.3) is 10.1 Å². The number of hydrogen-bond donors (Lipinski definition) is 0. The van der Waals surface area contributed by atoms with Gasteiger partial charge in [-0.25, -0.2) is 0 Å². The lowest BCUT2D eigenvalue weighted by Crippen LogP contribution is -2.16. The van der Waals surface area contributed by atoms with Gasteiger partial charge in [-0.2, -0.15) is 8.42 Å². The summed E-state index contributed by atoms with van der Waals surface area (Å²) in [4.78, 5) is 11.8. The minimum absolute atomic E-state index is 0.110. The van der Waals surface area contributed by atoms with Gasteiger partial charge in [0.1, 0.15) is 0 Å². The van der Waals surface area contributed by atoms with Crippen LogP contribution in [0.2, 0.25) is 0 Å². The first-order chi connectivity index (χ1) is 9.88. The Morgan fingerprint density at radius 3 is 2.57 bits per heavy atom. The highest BCUT2D eigenvalue weighted by molar-refractivity contribution is 14.1. The molecule has 1 aromatic carbocycles. The maximum absolute atomic E-state index is 12.0. The minimum atomic E-state index is -3.70. The number of aryl methyl sites for hydroxylation is 1. The standard InChI is InChI=1S/C15H17IO4S/c1-11-2-5-13(6-3-11)21(18,19)20-9-8-12-4-7-14(16)15(17)10-12/h2-3,5-7,12H,4,8-10H2,1H3. The van der Waals surface area contributed by atoms with E-state index >= 15 is 0 Å². The van der Waals surface area contributed by atoms with Crippen molar-refractivity contribution < 1.29 is 17.4 Å². The average molecular weight is 420 g/mol. The summed E-state index contributed by atoms with van der Waals surface area (Å²) in [5, 5.41) is 0. The van der Waals surface area contributed by atoms with Crippen LogP contribution in [0, 0.1) is 12.8 Å². The van der Waals surface area contributed by atoms with Gasteiger partial charge < -0.3 is 0 Å². The lowest BCUT2D eigenvalue weighted by Gasteiger charge is -2.18. The van der Waals surface area contributed by atoms with E-state index in [0.29, 0.717) is 12.8 Å². The molecule has 114 valence electrons. The molecular formula is C15H17IO4S. The molecule has 0 saturated heterocycles. The number of halogens is 1. The van der Waals surface area contributed by atoms with Crippen LogP contribution < -0.4 is 0 Å². The van der Waals surface area contributed by atoms with Crippen molar-refractivity contribution in [3.05, 3.63) is 39.5 Å². The van der Waals surface area contributed by atoms with E-state index in [9.17, 15) is 13.2 Å². The molecule has 4 nitrogen and oxygen atoms in total. The van der Waals surface area contributed by atoms with Gasteiger partial charge in [0.2, 0.25) is 0 Å². The summed E-state index contributed by atoms with van der Waals surface area (Å²) in [6, 6.07) is 6.56. The lowest BCUT2D eigenvalue weighted by molar-refractivity contribution is -0.116. The third-order valence-electron chi connectivity index (χ3n) is 3.45. The van der Waals surface area contributed by atoms with Gasteiger partial charge in [-0.05, 0) is 60.4 Å². The van der Waals surface area contributed by atoms with Crippen LogP contribution in [0.3, 0.4) is 0 Å². The molecule has 6 heteroatoms. The molecule has 0 fully saturated rings. The number of benzene rings is 1. The fraction of sp³-hybridized carbons (Fsp3) is 0.400. The fourth-order valence-electron chi connectivity index (χ4n) is 2.14. The summed E-state index contributed by atoms with van der Waals surface area (Å²) in [5.41, 5.74) is 0.996. The number of rotatable bonds is 5. The van der Waals surface area contributed by atoms with E-state index in [0.717, 1.165) is 15.6 Å². The van der Waals surface area contributed by atoms with E-state index in [2.05, 4.69) is 0 Å². The largest absolute Gasteiger partial charge is 0.296 e. The topological polar surface area (TPSA) is 60.4 Å². The van der Waals surface area contributed by atoms with Crippen molar-refractivity contribution in [1.82, 2.24) is 0 Å². The van der Waals surface area contributed by atoms with E-state index in [4.69, 9.17) is 4.18 Å². The van der Waals surface area contributed by atoms with Crippen molar-refractivity contribution in [2.75, 3.05) is 6.61 Å². The summed E-state index contributed by atoms with van der Waals surface area (Å²) in [5.74, 6) is 0.303. The molecule has 0 saturated carbocycles. The van der Waals surface area contributed by atoms with Crippen molar-refractivity contribution in [1.29, 1.82) is 0 Å². The van der Waals surface area contributed by atoms with Crippen LogP contribution in [0.4, 0.5) is 0 Å². The third-order valence-corrected chi connectivity index (χ3v) is 5.81. The van der Waals surface area contributed by atoms with Crippen molar-refractivity contribution in [2.45, 2.75) is 31.1 Å². The van der Waals surface area contributed by atoms with E-state index in [1.807, 2.05) is 35.6 Å². The van der Waals surface area contributed by atoms with Gasteiger partial charge in [-0.1, -0.05) is 23.8 Å². The molecule has 0 spiro atoms. The summed E-state index contributed by atoms with van der Waals surface area (Å²) in [7, 11) is -3.70. The number of ketones is 1. The van der Waals surface area contributed by atoms with Gasteiger partial charge in [-0.3, -0.25) is 8.98 Å². The van der Waals surface area contributed by atoms with Crippen LogP contribution in [0.5, 0.6) is 0 Å². The molecule has 1 aliphatic carbocycles. The Labute approximate surface area is 138 Å². The Bertz CT molecular complexity index is 647. The van der Waals surface area contributed by atoms with E-state index in [1.165, 1.54) is 0 Å². The zero-order chi connectivity index (χ0) is 15.5. The van der Waals surface area contributed by atoms with E-state index < -0.39 is 10.1 Å². The van der Waals surface area contributed by atoms with Gasteiger partial charge >= 0.3 is 0 Å². The molecule has 0 aliphatic heterocycles. The molecule has 0 heterocycles. The number of Topliss-reactive ketones (excluding diaryl/α,β-unsaturated/α-hetero) is 1. The number of hydrogen-bond acceptors (Lipinski definition) is 4.